The van der Waals surface area contributed by atoms with E-state index in [9.17, 15) is 4.57 Å². The smallest absolute Gasteiger partial charge is 0.308 e. The van der Waals surface area contributed by atoms with Gasteiger partial charge in [0.1, 0.15) is 5.78 Å². The predicted octanol–water partition coefficient (Wildman–Crippen LogP) is 3.70. The lowest BCUT2D eigenvalue weighted by molar-refractivity contribution is 0.0443. The van der Waals surface area contributed by atoms with Gasteiger partial charge in [0, 0.05) is 12.0 Å². The third kappa shape index (κ3) is 2.71. The monoisotopic (exact) mass is 297 g/mol. The van der Waals surface area contributed by atoms with Crippen LogP contribution < -0.4 is 0 Å². The summed E-state index contributed by atoms with van der Waals surface area (Å²) in [6, 6.07) is 10.5. The first-order chi connectivity index (χ1) is 9.55. The number of nitrogens with zero attached hydrogens (tertiary/aromatic N) is 1. The molecule has 1 aliphatic heterocycles. The summed E-state index contributed by atoms with van der Waals surface area (Å²) in [4.78, 5) is 2.10. The molecule has 1 aliphatic rings. The normalized spacial score (nSPS) is 27.3. The molecule has 0 spiro atoms. The number of hydrogen-bond acceptors (Lipinski definition) is 4. The summed E-state index contributed by atoms with van der Waals surface area (Å²) in [6.45, 7) is 6.65. The summed E-state index contributed by atoms with van der Waals surface area (Å²) in [5.41, 5.74) is 1.20. The molecule has 0 bridgehead atoms. The van der Waals surface area contributed by atoms with Crippen molar-refractivity contribution in [1.29, 1.82) is 0 Å². The average molecular weight is 297 g/mol. The Labute approximate surface area is 121 Å². The molecule has 0 aromatic heterocycles. The first-order valence-corrected chi connectivity index (χ1v) is 8.82. The molecule has 20 heavy (non-hydrogen) atoms. The van der Waals surface area contributed by atoms with E-state index in [-0.39, 0.29) is 11.7 Å². The van der Waals surface area contributed by atoms with E-state index in [1.54, 1.807) is 0 Å². The van der Waals surface area contributed by atoms with E-state index < -0.39 is 7.60 Å². The summed E-state index contributed by atoms with van der Waals surface area (Å²) in [5.74, 6) is -0.00932. The van der Waals surface area contributed by atoms with Crippen LogP contribution in [0.1, 0.15) is 32.3 Å². The SMILES string of the molecule is CCOP(=O)(OCC)[C@@H]1[C@@H](c2ccccc2)[C@H](C)N1C. The number of benzene rings is 1. The van der Waals surface area contributed by atoms with Gasteiger partial charge in [0.15, 0.2) is 0 Å². The Balaban J connectivity index is 2.30. The van der Waals surface area contributed by atoms with Gasteiger partial charge < -0.3 is 9.05 Å². The third-order valence-corrected chi connectivity index (χ3v) is 6.60. The number of likely N-dealkylation sites (N-methyl/N-ethyl adjacent to an activating group) is 1. The largest absolute Gasteiger partial charge is 0.348 e. The van der Waals surface area contributed by atoms with Crippen LogP contribution in [0.5, 0.6) is 0 Å². The van der Waals surface area contributed by atoms with Gasteiger partial charge in [-0.25, -0.2) is 0 Å². The van der Waals surface area contributed by atoms with Gasteiger partial charge in [-0.05, 0) is 33.4 Å². The highest BCUT2D eigenvalue weighted by atomic mass is 31.2. The quantitative estimate of drug-likeness (QED) is 0.751. The molecule has 0 saturated carbocycles. The van der Waals surface area contributed by atoms with Crippen LogP contribution in [0, 0.1) is 0 Å². The molecular formula is C15H24NO3P. The minimum atomic E-state index is -3.11. The zero-order valence-corrected chi connectivity index (χ0v) is 13.5. The molecule has 5 heteroatoms. The summed E-state index contributed by atoms with van der Waals surface area (Å²) in [5, 5.41) is 0. The first-order valence-electron chi connectivity index (χ1n) is 7.20. The molecule has 1 saturated heterocycles. The number of hydrogen-bond donors (Lipinski definition) is 0. The lowest BCUT2D eigenvalue weighted by Crippen LogP contribution is -2.58. The van der Waals surface area contributed by atoms with Gasteiger partial charge in [-0.3, -0.25) is 9.46 Å². The summed E-state index contributed by atoms with van der Waals surface area (Å²) in [6.07, 6.45) is 0. The Morgan fingerprint density at radius 3 is 2.20 bits per heavy atom. The molecular weight excluding hydrogens is 273 g/mol. The maximum absolute atomic E-state index is 13.0. The van der Waals surface area contributed by atoms with Gasteiger partial charge >= 0.3 is 7.60 Å². The molecule has 4 nitrogen and oxygen atoms in total. The third-order valence-electron chi connectivity index (χ3n) is 4.03. The minimum Gasteiger partial charge on any atom is -0.308 e. The van der Waals surface area contributed by atoms with Crippen molar-refractivity contribution in [3.05, 3.63) is 35.9 Å². The van der Waals surface area contributed by atoms with Crippen LogP contribution in [0.2, 0.25) is 0 Å². The van der Waals surface area contributed by atoms with Crippen LogP contribution in [0.15, 0.2) is 30.3 Å². The number of rotatable bonds is 6. The van der Waals surface area contributed by atoms with Gasteiger partial charge in [0.25, 0.3) is 0 Å². The second kappa shape index (κ2) is 6.40. The van der Waals surface area contributed by atoms with Crippen LogP contribution in [-0.4, -0.2) is 37.0 Å². The standard InChI is InChI=1S/C15H24NO3P/c1-5-18-20(17,19-6-2)15-14(12(3)16(15)4)13-10-8-7-9-11-13/h7-12,14-15H,5-6H2,1-4H3/t12-,14+,15+/m0/s1. The highest BCUT2D eigenvalue weighted by Crippen LogP contribution is 2.63. The fourth-order valence-corrected chi connectivity index (χ4v) is 5.56. The van der Waals surface area contributed by atoms with Gasteiger partial charge in [-0.15, -0.1) is 0 Å². The van der Waals surface area contributed by atoms with Crippen molar-refractivity contribution >= 4 is 7.60 Å². The van der Waals surface area contributed by atoms with Crippen molar-refractivity contribution in [1.82, 2.24) is 4.90 Å². The molecule has 0 unspecified atom stereocenters. The second-order valence-electron chi connectivity index (χ2n) is 5.13. The van der Waals surface area contributed by atoms with Gasteiger partial charge in [0.2, 0.25) is 0 Å². The van der Waals surface area contributed by atoms with Crippen molar-refractivity contribution in [3.63, 3.8) is 0 Å². The highest BCUT2D eigenvalue weighted by molar-refractivity contribution is 7.54. The van der Waals surface area contributed by atoms with E-state index in [2.05, 4.69) is 24.0 Å². The van der Waals surface area contributed by atoms with E-state index in [1.807, 2.05) is 39.1 Å². The second-order valence-corrected chi connectivity index (χ2v) is 7.26. The molecule has 112 valence electrons. The highest BCUT2D eigenvalue weighted by Gasteiger charge is 2.55. The first kappa shape index (κ1) is 15.7. The molecule has 0 N–H and O–H groups in total. The average Bonchev–Trinajstić information content (AvgIpc) is 2.44. The van der Waals surface area contributed by atoms with E-state index in [0.29, 0.717) is 19.3 Å². The Hall–Kier alpha value is -0.670. The Bertz CT molecular complexity index is 469. The summed E-state index contributed by atoms with van der Waals surface area (Å²) >= 11 is 0. The van der Waals surface area contributed by atoms with Gasteiger partial charge in [0.05, 0.1) is 13.2 Å². The van der Waals surface area contributed by atoms with Crippen molar-refractivity contribution in [3.8, 4) is 0 Å². The van der Waals surface area contributed by atoms with Gasteiger partial charge in [-0.1, -0.05) is 30.3 Å². The fourth-order valence-electron chi connectivity index (χ4n) is 2.99. The molecule has 0 radical (unpaired) electrons. The van der Waals surface area contributed by atoms with E-state index in [4.69, 9.17) is 9.05 Å². The van der Waals surface area contributed by atoms with Crippen LogP contribution in [-0.2, 0) is 13.6 Å². The van der Waals surface area contributed by atoms with Crippen LogP contribution in [0.25, 0.3) is 0 Å². The van der Waals surface area contributed by atoms with Gasteiger partial charge in [-0.2, -0.15) is 0 Å². The molecule has 1 aromatic rings. The maximum atomic E-state index is 13.0. The van der Waals surface area contributed by atoms with Crippen molar-refractivity contribution in [2.45, 2.75) is 38.5 Å². The lowest BCUT2D eigenvalue weighted by Gasteiger charge is -2.53. The van der Waals surface area contributed by atoms with Crippen molar-refractivity contribution in [2.24, 2.45) is 0 Å². The minimum absolute atomic E-state index is 0.185. The van der Waals surface area contributed by atoms with Crippen LogP contribution in [0.4, 0.5) is 0 Å². The molecule has 0 amide bonds. The maximum Gasteiger partial charge on any atom is 0.348 e. The molecule has 1 aromatic carbocycles. The lowest BCUT2D eigenvalue weighted by atomic mass is 9.84. The van der Waals surface area contributed by atoms with Crippen LogP contribution >= 0.6 is 7.60 Å². The summed E-state index contributed by atoms with van der Waals surface area (Å²) < 4.78 is 24.1. The molecule has 3 atom stereocenters. The molecule has 1 fully saturated rings. The zero-order valence-electron chi connectivity index (χ0n) is 12.7. The van der Waals surface area contributed by atoms with Crippen LogP contribution in [0.3, 0.4) is 0 Å². The number of likely N-dealkylation sites (tertiary alicyclic amines) is 1. The topological polar surface area (TPSA) is 38.8 Å². The fraction of sp³-hybridized carbons (Fsp3) is 0.600. The Kier molecular flexibility index (Phi) is 5.03. The molecule has 1 heterocycles. The predicted molar refractivity (Wildman–Crippen MR) is 81.1 cm³/mol. The van der Waals surface area contributed by atoms with E-state index >= 15 is 0 Å². The Morgan fingerprint density at radius 1 is 1.15 bits per heavy atom. The molecule has 2 rings (SSSR count). The Morgan fingerprint density at radius 2 is 1.70 bits per heavy atom. The van der Waals surface area contributed by atoms with Crippen molar-refractivity contribution in [2.75, 3.05) is 20.3 Å². The summed E-state index contributed by atoms with van der Waals surface area (Å²) in [7, 11) is -1.13. The molecule has 0 aliphatic carbocycles. The van der Waals surface area contributed by atoms with Crippen molar-refractivity contribution < 1.29 is 13.6 Å². The van der Waals surface area contributed by atoms with E-state index in [1.165, 1.54) is 5.56 Å². The van der Waals surface area contributed by atoms with E-state index in [0.717, 1.165) is 0 Å². The zero-order chi connectivity index (χ0) is 14.8.